The molecule has 1 saturated heterocycles. The lowest BCUT2D eigenvalue weighted by molar-refractivity contribution is 0.310. The summed E-state index contributed by atoms with van der Waals surface area (Å²) in [6.07, 6.45) is 4.55. The molecule has 0 radical (unpaired) electrons. The summed E-state index contributed by atoms with van der Waals surface area (Å²) in [6, 6.07) is -0.325. The SMILES string of the molecule is Cc1nn([C@@H]2CCS(=O)(=O)C2)c(C)c1S(=O)(=O)N[C@@H]1CCCC[C@@H]1C. The number of hydrogen-bond donors (Lipinski definition) is 1. The minimum absolute atomic E-state index is 0.0293. The van der Waals surface area contributed by atoms with Crippen LogP contribution < -0.4 is 4.72 Å². The summed E-state index contributed by atoms with van der Waals surface area (Å²) in [5.41, 5.74) is 0.952. The predicted molar refractivity (Wildman–Crippen MR) is 95.8 cm³/mol. The Kier molecular flexibility index (Phi) is 5.02. The second kappa shape index (κ2) is 6.66. The fraction of sp³-hybridized carbons (Fsp3) is 0.812. The topological polar surface area (TPSA) is 98.1 Å². The van der Waals surface area contributed by atoms with Crippen molar-refractivity contribution in [3.05, 3.63) is 11.4 Å². The van der Waals surface area contributed by atoms with Crippen LogP contribution in [-0.2, 0) is 19.9 Å². The van der Waals surface area contributed by atoms with Gasteiger partial charge in [0.15, 0.2) is 9.84 Å². The molecule has 1 N–H and O–H groups in total. The van der Waals surface area contributed by atoms with Gasteiger partial charge in [-0.3, -0.25) is 4.68 Å². The molecule has 2 heterocycles. The summed E-state index contributed by atoms with van der Waals surface area (Å²) in [7, 11) is -6.73. The highest BCUT2D eigenvalue weighted by atomic mass is 32.2. The normalized spacial score (nSPS) is 29.8. The van der Waals surface area contributed by atoms with Crippen molar-refractivity contribution in [3.8, 4) is 0 Å². The van der Waals surface area contributed by atoms with Crippen molar-refractivity contribution < 1.29 is 16.8 Å². The van der Waals surface area contributed by atoms with E-state index in [0.29, 0.717) is 23.7 Å². The minimum atomic E-state index is -3.67. The molecule has 9 heteroatoms. The molecule has 1 aromatic rings. The number of hydrogen-bond acceptors (Lipinski definition) is 5. The molecule has 142 valence electrons. The molecule has 3 atom stereocenters. The molecule has 1 aliphatic carbocycles. The molecule has 2 fully saturated rings. The van der Waals surface area contributed by atoms with Gasteiger partial charge in [-0.15, -0.1) is 0 Å². The number of rotatable bonds is 4. The third kappa shape index (κ3) is 3.78. The van der Waals surface area contributed by atoms with Gasteiger partial charge in [-0.2, -0.15) is 5.10 Å². The smallest absolute Gasteiger partial charge is 0.244 e. The number of nitrogens with one attached hydrogen (secondary N) is 1. The van der Waals surface area contributed by atoms with Crippen molar-refractivity contribution in [1.82, 2.24) is 14.5 Å². The molecule has 25 heavy (non-hydrogen) atoms. The molecular weight excluding hydrogens is 362 g/mol. The van der Waals surface area contributed by atoms with E-state index in [1.807, 2.05) is 0 Å². The Hall–Kier alpha value is -0.930. The lowest BCUT2D eigenvalue weighted by Gasteiger charge is -2.29. The molecule has 7 nitrogen and oxygen atoms in total. The van der Waals surface area contributed by atoms with Crippen LogP contribution in [0.2, 0.25) is 0 Å². The van der Waals surface area contributed by atoms with Crippen LogP contribution in [0.3, 0.4) is 0 Å². The van der Waals surface area contributed by atoms with Crippen LogP contribution in [0.1, 0.15) is 56.5 Å². The summed E-state index contributed by atoms with van der Waals surface area (Å²) in [4.78, 5) is 0.203. The standard InChI is InChI=1S/C16H27N3O4S2/c1-11-6-4-5-7-15(11)18-25(22,23)16-12(2)17-19(13(16)3)14-8-9-24(20,21)10-14/h11,14-15,18H,4-10H2,1-3H3/t11-,14+,15+/m0/s1. The first-order chi connectivity index (χ1) is 11.6. The first kappa shape index (κ1) is 18.8. The number of sulfonamides is 1. The number of sulfone groups is 1. The molecule has 0 aromatic carbocycles. The molecule has 1 aromatic heterocycles. The average Bonchev–Trinajstić information content (AvgIpc) is 3.00. The van der Waals surface area contributed by atoms with Gasteiger partial charge in [-0.05, 0) is 39.0 Å². The summed E-state index contributed by atoms with van der Waals surface area (Å²) in [6.45, 7) is 5.47. The van der Waals surface area contributed by atoms with E-state index in [0.717, 1.165) is 25.7 Å². The van der Waals surface area contributed by atoms with Gasteiger partial charge in [-0.1, -0.05) is 19.8 Å². The van der Waals surface area contributed by atoms with E-state index in [9.17, 15) is 16.8 Å². The molecule has 1 aliphatic heterocycles. The lowest BCUT2D eigenvalue weighted by atomic mass is 9.87. The minimum Gasteiger partial charge on any atom is -0.264 e. The second-order valence-electron chi connectivity index (χ2n) is 7.49. The Labute approximate surface area is 150 Å². The quantitative estimate of drug-likeness (QED) is 0.845. The van der Waals surface area contributed by atoms with Gasteiger partial charge in [0.25, 0.3) is 0 Å². The highest BCUT2D eigenvalue weighted by Gasteiger charge is 2.35. The van der Waals surface area contributed by atoms with E-state index >= 15 is 0 Å². The zero-order chi connectivity index (χ0) is 18.4. The van der Waals surface area contributed by atoms with Crippen LogP contribution >= 0.6 is 0 Å². The third-order valence-corrected chi connectivity index (χ3v) is 8.99. The second-order valence-corrected chi connectivity index (χ2v) is 11.4. The number of aromatic nitrogens is 2. The molecule has 0 spiro atoms. The Bertz CT molecular complexity index is 858. The fourth-order valence-electron chi connectivity index (χ4n) is 4.11. The summed E-state index contributed by atoms with van der Waals surface area (Å²) < 4.78 is 53.9. The zero-order valence-corrected chi connectivity index (χ0v) is 16.7. The van der Waals surface area contributed by atoms with E-state index in [1.54, 1.807) is 18.5 Å². The molecule has 1 saturated carbocycles. The van der Waals surface area contributed by atoms with Crippen molar-refractivity contribution in [2.75, 3.05) is 11.5 Å². The van der Waals surface area contributed by atoms with Crippen molar-refractivity contribution in [1.29, 1.82) is 0 Å². The van der Waals surface area contributed by atoms with Gasteiger partial charge >= 0.3 is 0 Å². The van der Waals surface area contributed by atoms with Gasteiger partial charge in [0.2, 0.25) is 10.0 Å². The molecule has 3 rings (SSSR count). The van der Waals surface area contributed by atoms with E-state index in [-0.39, 0.29) is 28.5 Å². The first-order valence-corrected chi connectivity index (χ1v) is 12.2. The summed E-state index contributed by atoms with van der Waals surface area (Å²) in [5, 5.41) is 4.37. The number of aryl methyl sites for hydroxylation is 1. The Morgan fingerprint density at radius 1 is 1.16 bits per heavy atom. The van der Waals surface area contributed by atoms with Gasteiger partial charge in [0, 0.05) is 6.04 Å². The van der Waals surface area contributed by atoms with Crippen LogP contribution in [0.15, 0.2) is 4.90 Å². The fourth-order valence-corrected chi connectivity index (χ4v) is 7.58. The lowest BCUT2D eigenvalue weighted by Crippen LogP contribution is -2.41. The average molecular weight is 390 g/mol. The number of nitrogens with zero attached hydrogens (tertiary/aromatic N) is 2. The van der Waals surface area contributed by atoms with Crippen molar-refractivity contribution in [2.24, 2.45) is 5.92 Å². The van der Waals surface area contributed by atoms with Crippen LogP contribution in [-0.4, -0.2) is 44.2 Å². The summed E-state index contributed by atoms with van der Waals surface area (Å²) in [5.74, 6) is 0.483. The Morgan fingerprint density at radius 2 is 1.84 bits per heavy atom. The Balaban J connectivity index is 1.89. The maximum Gasteiger partial charge on any atom is 0.244 e. The molecule has 0 unspecified atom stereocenters. The Morgan fingerprint density at radius 3 is 2.44 bits per heavy atom. The van der Waals surface area contributed by atoms with Crippen molar-refractivity contribution in [3.63, 3.8) is 0 Å². The van der Waals surface area contributed by atoms with Crippen LogP contribution in [0.4, 0.5) is 0 Å². The molecule has 2 aliphatic rings. The highest BCUT2D eigenvalue weighted by Crippen LogP contribution is 2.30. The van der Waals surface area contributed by atoms with E-state index < -0.39 is 19.9 Å². The van der Waals surface area contributed by atoms with E-state index in [4.69, 9.17) is 0 Å². The highest BCUT2D eigenvalue weighted by molar-refractivity contribution is 7.91. The van der Waals surface area contributed by atoms with Gasteiger partial charge in [0.05, 0.1) is 28.9 Å². The molecule has 0 bridgehead atoms. The maximum absolute atomic E-state index is 13.0. The van der Waals surface area contributed by atoms with Crippen LogP contribution in [0.25, 0.3) is 0 Å². The van der Waals surface area contributed by atoms with Gasteiger partial charge in [0.1, 0.15) is 4.90 Å². The van der Waals surface area contributed by atoms with E-state index in [2.05, 4.69) is 16.7 Å². The monoisotopic (exact) mass is 389 g/mol. The predicted octanol–water partition coefficient (Wildman–Crippen LogP) is 1.72. The zero-order valence-electron chi connectivity index (χ0n) is 15.0. The molecular formula is C16H27N3O4S2. The van der Waals surface area contributed by atoms with Crippen LogP contribution in [0.5, 0.6) is 0 Å². The van der Waals surface area contributed by atoms with Crippen molar-refractivity contribution in [2.45, 2.75) is 69.9 Å². The molecule has 0 amide bonds. The summed E-state index contributed by atoms with van der Waals surface area (Å²) >= 11 is 0. The first-order valence-electron chi connectivity index (χ1n) is 8.89. The van der Waals surface area contributed by atoms with Gasteiger partial charge in [-0.25, -0.2) is 21.6 Å². The van der Waals surface area contributed by atoms with Crippen LogP contribution in [0, 0.1) is 19.8 Å². The van der Waals surface area contributed by atoms with Gasteiger partial charge < -0.3 is 0 Å². The maximum atomic E-state index is 13.0. The van der Waals surface area contributed by atoms with Crippen molar-refractivity contribution >= 4 is 19.9 Å². The third-order valence-electron chi connectivity index (χ3n) is 5.50. The van der Waals surface area contributed by atoms with E-state index in [1.165, 1.54) is 0 Å². The largest absolute Gasteiger partial charge is 0.264 e.